The van der Waals surface area contributed by atoms with Crippen LogP contribution in [0.1, 0.15) is 20.8 Å². The summed E-state index contributed by atoms with van der Waals surface area (Å²) in [5, 5.41) is 3.08. The van der Waals surface area contributed by atoms with Crippen LogP contribution in [0.5, 0.6) is 0 Å². The van der Waals surface area contributed by atoms with Gasteiger partial charge in [0.1, 0.15) is 0 Å². The minimum absolute atomic E-state index is 0.460. The average Bonchev–Trinajstić information content (AvgIpc) is 2.15. The number of hydrogen-bond acceptors (Lipinski definition) is 3. The second-order valence-electron chi connectivity index (χ2n) is 3.38. The molecule has 13 heavy (non-hydrogen) atoms. The topological polar surface area (TPSA) is 27.6 Å². The van der Waals surface area contributed by atoms with Gasteiger partial charge in [0.25, 0.3) is 0 Å². The SMILES string of the molecule is CCN(C)C(C)C(C)=NCCNC. The van der Waals surface area contributed by atoms with Crippen LogP contribution < -0.4 is 5.32 Å². The number of nitrogens with one attached hydrogen (secondary N) is 1. The molecule has 0 aromatic carbocycles. The molecule has 0 aromatic heterocycles. The molecule has 78 valence electrons. The van der Waals surface area contributed by atoms with Crippen molar-refractivity contribution in [3.05, 3.63) is 0 Å². The highest BCUT2D eigenvalue weighted by molar-refractivity contribution is 5.86. The van der Waals surface area contributed by atoms with Gasteiger partial charge in [-0.05, 0) is 34.5 Å². The first kappa shape index (κ1) is 12.6. The summed E-state index contributed by atoms with van der Waals surface area (Å²) in [5.74, 6) is 0. The number of likely N-dealkylation sites (N-methyl/N-ethyl adjacent to an activating group) is 1. The molecule has 0 amide bonds. The molecule has 0 fully saturated rings. The van der Waals surface area contributed by atoms with Gasteiger partial charge in [-0.1, -0.05) is 6.92 Å². The highest BCUT2D eigenvalue weighted by atomic mass is 15.1. The Hall–Kier alpha value is -0.410. The molecule has 0 rings (SSSR count). The maximum absolute atomic E-state index is 4.50. The highest BCUT2D eigenvalue weighted by Crippen LogP contribution is 1.97. The molecule has 0 aliphatic heterocycles. The minimum Gasteiger partial charge on any atom is -0.318 e. The summed E-state index contributed by atoms with van der Waals surface area (Å²) in [6, 6.07) is 0.460. The van der Waals surface area contributed by atoms with Crippen LogP contribution in [0, 0.1) is 0 Å². The van der Waals surface area contributed by atoms with E-state index < -0.39 is 0 Å². The van der Waals surface area contributed by atoms with Crippen molar-refractivity contribution in [3.63, 3.8) is 0 Å². The largest absolute Gasteiger partial charge is 0.318 e. The first-order valence-corrected chi connectivity index (χ1v) is 4.99. The van der Waals surface area contributed by atoms with Gasteiger partial charge in [-0.15, -0.1) is 0 Å². The lowest BCUT2D eigenvalue weighted by Gasteiger charge is -2.22. The number of nitrogens with zero attached hydrogens (tertiary/aromatic N) is 2. The molecule has 0 aliphatic rings. The lowest BCUT2D eigenvalue weighted by atomic mass is 10.2. The van der Waals surface area contributed by atoms with Crippen LogP contribution in [0.25, 0.3) is 0 Å². The number of hydrogen-bond donors (Lipinski definition) is 1. The highest BCUT2D eigenvalue weighted by Gasteiger charge is 2.09. The predicted octanol–water partition coefficient (Wildman–Crippen LogP) is 1.01. The van der Waals surface area contributed by atoms with Crippen molar-refractivity contribution in [2.45, 2.75) is 26.8 Å². The molecule has 3 nitrogen and oxygen atoms in total. The molecule has 0 bridgehead atoms. The van der Waals surface area contributed by atoms with Crippen molar-refractivity contribution in [2.24, 2.45) is 4.99 Å². The van der Waals surface area contributed by atoms with Crippen LogP contribution >= 0.6 is 0 Å². The molecule has 0 saturated heterocycles. The summed E-state index contributed by atoms with van der Waals surface area (Å²) in [7, 11) is 4.08. The van der Waals surface area contributed by atoms with E-state index in [1.807, 2.05) is 7.05 Å². The Bertz CT molecular complexity index is 154. The predicted molar refractivity (Wildman–Crippen MR) is 59.7 cm³/mol. The van der Waals surface area contributed by atoms with Gasteiger partial charge in [0.2, 0.25) is 0 Å². The third kappa shape index (κ3) is 5.01. The molecule has 0 heterocycles. The normalized spacial score (nSPS) is 15.1. The summed E-state index contributed by atoms with van der Waals surface area (Å²) in [5.41, 5.74) is 1.22. The molecule has 1 unspecified atom stereocenters. The van der Waals surface area contributed by atoms with Gasteiger partial charge in [0.05, 0.1) is 6.54 Å². The molecule has 0 aromatic rings. The molecular formula is C10H23N3. The summed E-state index contributed by atoms with van der Waals surface area (Å²) in [4.78, 5) is 6.79. The Kier molecular flexibility index (Phi) is 6.82. The van der Waals surface area contributed by atoms with Crippen LogP contribution in [0.3, 0.4) is 0 Å². The fourth-order valence-electron chi connectivity index (χ4n) is 1.07. The zero-order valence-corrected chi connectivity index (χ0v) is 9.59. The van der Waals surface area contributed by atoms with Crippen LogP contribution in [0.15, 0.2) is 4.99 Å². The quantitative estimate of drug-likeness (QED) is 0.494. The van der Waals surface area contributed by atoms with Crippen LogP contribution in [0.2, 0.25) is 0 Å². The van der Waals surface area contributed by atoms with Crippen LogP contribution in [-0.4, -0.2) is 50.4 Å². The molecule has 1 atom stereocenters. The van der Waals surface area contributed by atoms with E-state index in [-0.39, 0.29) is 0 Å². The smallest absolute Gasteiger partial charge is 0.0514 e. The molecule has 0 radical (unpaired) electrons. The first-order chi connectivity index (χ1) is 6.13. The second kappa shape index (κ2) is 7.04. The van der Waals surface area contributed by atoms with Crippen molar-refractivity contribution in [1.29, 1.82) is 0 Å². The van der Waals surface area contributed by atoms with Crippen LogP contribution in [0.4, 0.5) is 0 Å². The van der Waals surface area contributed by atoms with E-state index in [1.54, 1.807) is 0 Å². The standard InChI is InChI=1S/C10H23N3/c1-6-13(5)10(3)9(2)12-8-7-11-4/h10-11H,6-8H2,1-5H3. The number of aliphatic imine (C=N–C) groups is 1. The van der Waals surface area contributed by atoms with E-state index in [2.05, 4.69) is 43.0 Å². The summed E-state index contributed by atoms with van der Waals surface area (Å²) in [6.45, 7) is 9.37. The summed E-state index contributed by atoms with van der Waals surface area (Å²) >= 11 is 0. The Balaban J connectivity index is 3.92. The number of rotatable bonds is 6. The lowest BCUT2D eigenvalue weighted by Crippen LogP contribution is -2.34. The van der Waals surface area contributed by atoms with E-state index in [0.29, 0.717) is 6.04 Å². The maximum atomic E-state index is 4.50. The Labute approximate surface area is 82.2 Å². The summed E-state index contributed by atoms with van der Waals surface area (Å²) in [6.07, 6.45) is 0. The Morgan fingerprint density at radius 3 is 2.62 bits per heavy atom. The van der Waals surface area contributed by atoms with E-state index in [9.17, 15) is 0 Å². The summed E-state index contributed by atoms with van der Waals surface area (Å²) < 4.78 is 0. The van der Waals surface area contributed by atoms with Crippen molar-refractivity contribution >= 4 is 5.71 Å². The van der Waals surface area contributed by atoms with Crippen LogP contribution in [-0.2, 0) is 0 Å². The fraction of sp³-hybridized carbons (Fsp3) is 0.900. The van der Waals surface area contributed by atoms with Gasteiger partial charge in [0, 0.05) is 18.3 Å². The lowest BCUT2D eigenvalue weighted by molar-refractivity contribution is 0.327. The van der Waals surface area contributed by atoms with E-state index in [0.717, 1.165) is 19.6 Å². The van der Waals surface area contributed by atoms with Crippen molar-refractivity contribution in [1.82, 2.24) is 10.2 Å². The molecular weight excluding hydrogens is 162 g/mol. The van der Waals surface area contributed by atoms with E-state index in [1.165, 1.54) is 5.71 Å². The first-order valence-electron chi connectivity index (χ1n) is 4.99. The van der Waals surface area contributed by atoms with E-state index in [4.69, 9.17) is 0 Å². The van der Waals surface area contributed by atoms with Crippen molar-refractivity contribution in [3.8, 4) is 0 Å². The zero-order chi connectivity index (χ0) is 10.3. The average molecular weight is 185 g/mol. The maximum Gasteiger partial charge on any atom is 0.0514 e. The third-order valence-electron chi connectivity index (χ3n) is 2.49. The van der Waals surface area contributed by atoms with Gasteiger partial charge < -0.3 is 5.32 Å². The monoisotopic (exact) mass is 185 g/mol. The second-order valence-corrected chi connectivity index (χ2v) is 3.38. The van der Waals surface area contributed by atoms with Gasteiger partial charge in [-0.25, -0.2) is 0 Å². The van der Waals surface area contributed by atoms with Gasteiger partial charge in [0.15, 0.2) is 0 Å². The molecule has 0 spiro atoms. The van der Waals surface area contributed by atoms with Gasteiger partial charge >= 0.3 is 0 Å². The third-order valence-corrected chi connectivity index (χ3v) is 2.49. The Morgan fingerprint density at radius 2 is 2.15 bits per heavy atom. The molecule has 3 heteroatoms. The minimum atomic E-state index is 0.460. The molecule has 1 N–H and O–H groups in total. The van der Waals surface area contributed by atoms with E-state index >= 15 is 0 Å². The van der Waals surface area contributed by atoms with Crippen molar-refractivity contribution < 1.29 is 0 Å². The molecule has 0 saturated carbocycles. The van der Waals surface area contributed by atoms with Gasteiger partial charge in [-0.3, -0.25) is 9.89 Å². The van der Waals surface area contributed by atoms with Gasteiger partial charge in [-0.2, -0.15) is 0 Å². The molecule has 0 aliphatic carbocycles. The van der Waals surface area contributed by atoms with Crippen molar-refractivity contribution in [2.75, 3.05) is 33.7 Å². The fourth-order valence-corrected chi connectivity index (χ4v) is 1.07. The zero-order valence-electron chi connectivity index (χ0n) is 9.59. The Morgan fingerprint density at radius 1 is 1.54 bits per heavy atom.